The van der Waals surface area contributed by atoms with E-state index in [4.69, 9.17) is 10.5 Å². The van der Waals surface area contributed by atoms with Gasteiger partial charge in [-0.25, -0.2) is 4.79 Å². The number of hydrogen-bond acceptors (Lipinski definition) is 5. The number of likely N-dealkylation sites (tertiary alicyclic amines) is 1. The molecule has 0 unspecified atom stereocenters. The molecule has 0 bridgehead atoms. The minimum absolute atomic E-state index is 0.111. The molecular weight excluding hydrogens is 364 g/mol. The summed E-state index contributed by atoms with van der Waals surface area (Å²) in [6.07, 6.45) is 1.13. The number of alkyl carbamates (subject to hydrolysis) is 1. The SMILES string of the molecule is CC[C@@H](C)[C@@H](NC(=O)[C@@H]1CCCN1C(=O)[C@@H](C)NC(=O)OC(C)(C)C)C(N)=O. The Hall–Kier alpha value is -2.32. The first-order chi connectivity index (χ1) is 12.9. The van der Waals surface area contributed by atoms with Gasteiger partial charge in [-0.2, -0.15) is 0 Å². The van der Waals surface area contributed by atoms with Gasteiger partial charge in [0, 0.05) is 6.54 Å². The summed E-state index contributed by atoms with van der Waals surface area (Å²) in [5.41, 5.74) is 4.73. The van der Waals surface area contributed by atoms with Crippen molar-refractivity contribution in [1.29, 1.82) is 0 Å². The van der Waals surface area contributed by atoms with Crippen molar-refractivity contribution in [2.45, 2.75) is 84.5 Å². The number of nitrogens with two attached hydrogens (primary N) is 1. The summed E-state index contributed by atoms with van der Waals surface area (Å²) in [6.45, 7) is 10.9. The van der Waals surface area contributed by atoms with Crippen LogP contribution in [0.4, 0.5) is 4.79 Å². The number of hydrogen-bond donors (Lipinski definition) is 3. The lowest BCUT2D eigenvalue weighted by molar-refractivity contribution is -0.140. The van der Waals surface area contributed by atoms with Crippen LogP contribution in [0, 0.1) is 5.92 Å². The highest BCUT2D eigenvalue weighted by Gasteiger charge is 2.38. The highest BCUT2D eigenvalue weighted by atomic mass is 16.6. The van der Waals surface area contributed by atoms with Crippen LogP contribution in [0.15, 0.2) is 0 Å². The lowest BCUT2D eigenvalue weighted by atomic mass is 9.98. The second-order valence-electron chi connectivity index (χ2n) is 8.33. The molecule has 0 aromatic rings. The zero-order chi connectivity index (χ0) is 21.6. The summed E-state index contributed by atoms with van der Waals surface area (Å²) in [5.74, 6) is -1.49. The topological polar surface area (TPSA) is 131 Å². The van der Waals surface area contributed by atoms with Crippen LogP contribution in [0.2, 0.25) is 0 Å². The zero-order valence-corrected chi connectivity index (χ0v) is 17.7. The highest BCUT2D eigenvalue weighted by Crippen LogP contribution is 2.20. The number of carbonyl (C=O) groups is 4. The van der Waals surface area contributed by atoms with Crippen LogP contribution >= 0.6 is 0 Å². The van der Waals surface area contributed by atoms with Crippen LogP contribution in [0.5, 0.6) is 0 Å². The summed E-state index contributed by atoms with van der Waals surface area (Å²) in [4.78, 5) is 50.5. The van der Waals surface area contributed by atoms with Gasteiger partial charge < -0.3 is 26.0 Å². The molecule has 9 heteroatoms. The zero-order valence-electron chi connectivity index (χ0n) is 17.7. The predicted molar refractivity (Wildman–Crippen MR) is 104 cm³/mol. The maximum absolute atomic E-state index is 12.8. The number of nitrogens with zero attached hydrogens (tertiary/aromatic N) is 1. The maximum atomic E-state index is 12.8. The molecule has 1 aliphatic heterocycles. The number of primary amides is 1. The second kappa shape index (κ2) is 9.75. The smallest absolute Gasteiger partial charge is 0.408 e. The van der Waals surface area contributed by atoms with Crippen LogP contribution in [0.25, 0.3) is 0 Å². The first-order valence-corrected chi connectivity index (χ1v) is 9.77. The van der Waals surface area contributed by atoms with E-state index in [9.17, 15) is 19.2 Å². The van der Waals surface area contributed by atoms with Gasteiger partial charge in [0.05, 0.1) is 0 Å². The number of nitrogens with one attached hydrogen (secondary N) is 2. The molecule has 1 aliphatic rings. The number of carbonyl (C=O) groups excluding carboxylic acids is 4. The molecule has 4 amide bonds. The van der Waals surface area contributed by atoms with E-state index in [2.05, 4.69) is 10.6 Å². The fraction of sp³-hybridized carbons (Fsp3) is 0.789. The lowest BCUT2D eigenvalue weighted by Crippen LogP contribution is -2.56. The quantitative estimate of drug-likeness (QED) is 0.586. The van der Waals surface area contributed by atoms with E-state index in [0.717, 1.165) is 0 Å². The molecule has 1 fully saturated rings. The van der Waals surface area contributed by atoms with Crippen molar-refractivity contribution in [3.05, 3.63) is 0 Å². The van der Waals surface area contributed by atoms with Gasteiger partial charge in [0.2, 0.25) is 17.7 Å². The van der Waals surface area contributed by atoms with Crippen molar-refractivity contribution in [2.75, 3.05) is 6.54 Å². The number of amides is 4. The van der Waals surface area contributed by atoms with E-state index in [1.165, 1.54) is 4.90 Å². The molecule has 4 N–H and O–H groups in total. The first kappa shape index (κ1) is 23.7. The van der Waals surface area contributed by atoms with Crippen molar-refractivity contribution in [2.24, 2.45) is 11.7 Å². The minimum atomic E-state index is -0.843. The van der Waals surface area contributed by atoms with Gasteiger partial charge in [0.25, 0.3) is 0 Å². The lowest BCUT2D eigenvalue weighted by Gasteiger charge is -2.29. The molecule has 4 atom stereocenters. The van der Waals surface area contributed by atoms with E-state index in [0.29, 0.717) is 25.8 Å². The van der Waals surface area contributed by atoms with Crippen LogP contribution in [-0.4, -0.2) is 59.0 Å². The summed E-state index contributed by atoms with van der Waals surface area (Å²) >= 11 is 0. The van der Waals surface area contributed by atoms with E-state index in [-0.39, 0.29) is 11.8 Å². The van der Waals surface area contributed by atoms with Gasteiger partial charge in [-0.3, -0.25) is 14.4 Å². The van der Waals surface area contributed by atoms with Gasteiger partial charge >= 0.3 is 6.09 Å². The molecule has 9 nitrogen and oxygen atoms in total. The Morgan fingerprint density at radius 1 is 1.18 bits per heavy atom. The molecular formula is C19H34N4O5. The van der Waals surface area contributed by atoms with Gasteiger partial charge in [-0.15, -0.1) is 0 Å². The van der Waals surface area contributed by atoms with Crippen LogP contribution < -0.4 is 16.4 Å². The van der Waals surface area contributed by atoms with E-state index >= 15 is 0 Å². The second-order valence-corrected chi connectivity index (χ2v) is 8.33. The van der Waals surface area contributed by atoms with Crippen LogP contribution in [0.3, 0.4) is 0 Å². The molecule has 0 aliphatic carbocycles. The number of ether oxygens (including phenoxy) is 1. The summed E-state index contributed by atoms with van der Waals surface area (Å²) in [6, 6.07) is -2.32. The summed E-state index contributed by atoms with van der Waals surface area (Å²) in [5, 5.41) is 5.19. The summed E-state index contributed by atoms with van der Waals surface area (Å²) in [7, 11) is 0. The Morgan fingerprint density at radius 3 is 2.29 bits per heavy atom. The van der Waals surface area contributed by atoms with Crippen LogP contribution in [-0.2, 0) is 19.1 Å². The normalized spacial score (nSPS) is 20.1. The fourth-order valence-corrected chi connectivity index (χ4v) is 3.08. The minimum Gasteiger partial charge on any atom is -0.444 e. The Morgan fingerprint density at radius 2 is 1.79 bits per heavy atom. The van der Waals surface area contributed by atoms with Gasteiger partial charge in [-0.1, -0.05) is 20.3 Å². The highest BCUT2D eigenvalue weighted by molar-refractivity contribution is 5.93. The molecule has 1 saturated heterocycles. The predicted octanol–water partition coefficient (Wildman–Crippen LogP) is 0.907. The Balaban J connectivity index is 2.77. The molecule has 0 saturated carbocycles. The summed E-state index contributed by atoms with van der Waals surface area (Å²) < 4.78 is 5.16. The van der Waals surface area contributed by atoms with Crippen LogP contribution in [0.1, 0.15) is 60.8 Å². The van der Waals surface area contributed by atoms with Gasteiger partial charge in [-0.05, 0) is 46.5 Å². The molecule has 0 radical (unpaired) electrons. The van der Waals surface area contributed by atoms with Crippen molar-refractivity contribution in [1.82, 2.24) is 15.5 Å². The Bertz CT molecular complexity index is 602. The van der Waals surface area contributed by atoms with E-state index in [1.807, 2.05) is 13.8 Å². The van der Waals surface area contributed by atoms with Crippen molar-refractivity contribution < 1.29 is 23.9 Å². The molecule has 1 rings (SSSR count). The largest absolute Gasteiger partial charge is 0.444 e. The average molecular weight is 399 g/mol. The monoisotopic (exact) mass is 398 g/mol. The van der Waals surface area contributed by atoms with Crippen molar-refractivity contribution >= 4 is 23.8 Å². The standard InChI is InChI=1S/C19H34N4O5/c1-7-11(2)14(15(20)24)22-16(25)13-9-8-10-23(13)17(26)12(3)21-18(27)28-19(4,5)6/h11-14H,7-10H2,1-6H3,(H2,20,24)(H,21,27)(H,22,25)/t11-,12-,13+,14-/m1/s1. The molecule has 0 aromatic carbocycles. The molecule has 160 valence electrons. The fourth-order valence-electron chi connectivity index (χ4n) is 3.08. The molecule has 1 heterocycles. The van der Waals surface area contributed by atoms with Crippen molar-refractivity contribution in [3.63, 3.8) is 0 Å². The maximum Gasteiger partial charge on any atom is 0.408 e. The number of rotatable bonds is 7. The van der Waals surface area contributed by atoms with Gasteiger partial charge in [0.15, 0.2) is 0 Å². The van der Waals surface area contributed by atoms with E-state index < -0.39 is 41.6 Å². The Labute approximate surface area is 166 Å². The third-order valence-corrected chi connectivity index (χ3v) is 4.76. The molecule has 0 spiro atoms. The third-order valence-electron chi connectivity index (χ3n) is 4.76. The third kappa shape index (κ3) is 6.69. The molecule has 0 aromatic heterocycles. The average Bonchev–Trinajstić information content (AvgIpc) is 3.05. The van der Waals surface area contributed by atoms with E-state index in [1.54, 1.807) is 27.7 Å². The van der Waals surface area contributed by atoms with Gasteiger partial charge in [0.1, 0.15) is 23.7 Å². The Kier molecular flexibility index (Phi) is 8.26. The molecule has 28 heavy (non-hydrogen) atoms. The van der Waals surface area contributed by atoms with Crippen molar-refractivity contribution in [3.8, 4) is 0 Å². The first-order valence-electron chi connectivity index (χ1n) is 9.77.